The Hall–Kier alpha value is -7.17. The number of fused-ring (bicyclic) bond motifs is 13. The van der Waals surface area contributed by atoms with Gasteiger partial charge >= 0.3 is 0 Å². The van der Waals surface area contributed by atoms with Gasteiger partial charge in [0.25, 0.3) is 0 Å². The maximum absolute atomic E-state index is 5.40. The van der Waals surface area contributed by atoms with Crippen LogP contribution in [0.1, 0.15) is 25.0 Å². The fraction of sp³-hybridized carbons (Fsp3) is 0.0577. The number of benzene rings is 8. The summed E-state index contributed by atoms with van der Waals surface area (Å²) in [5, 5.41) is 5.11. The van der Waals surface area contributed by atoms with Gasteiger partial charge in [0.2, 0.25) is 0 Å². The summed E-state index contributed by atoms with van der Waals surface area (Å²) < 4.78 is 7.33. The minimum Gasteiger partial charge on any atom is -0.309 e. The van der Waals surface area contributed by atoms with Crippen molar-refractivity contribution in [1.82, 2.24) is 18.7 Å². The molecule has 0 N–H and O–H groups in total. The molecule has 56 heavy (non-hydrogen) atoms. The molecule has 0 spiro atoms. The van der Waals surface area contributed by atoms with Gasteiger partial charge in [0.05, 0.1) is 33.1 Å². The highest BCUT2D eigenvalue weighted by Gasteiger charge is 2.41. The van der Waals surface area contributed by atoms with E-state index >= 15 is 0 Å². The molecule has 8 aromatic carbocycles. The van der Waals surface area contributed by atoms with Crippen molar-refractivity contribution in [2.24, 2.45) is 0 Å². The number of aromatic nitrogens is 4. The minimum atomic E-state index is -0.242. The van der Waals surface area contributed by atoms with Crippen molar-refractivity contribution in [3.63, 3.8) is 0 Å². The van der Waals surface area contributed by atoms with Crippen LogP contribution in [-0.2, 0) is 5.41 Å². The first kappa shape index (κ1) is 31.2. The lowest BCUT2D eigenvalue weighted by molar-refractivity contribution is 0.667. The van der Waals surface area contributed by atoms with Crippen LogP contribution in [-0.4, -0.2) is 18.7 Å². The molecule has 11 aromatic rings. The largest absolute Gasteiger partial charge is 0.309 e. The molecule has 0 radical (unpaired) electrons. The van der Waals surface area contributed by atoms with Gasteiger partial charge in [0, 0.05) is 55.1 Å². The molecular formula is C52H36N4. The highest BCUT2D eigenvalue weighted by atomic mass is 15.1. The Balaban J connectivity index is 1.28. The number of nitrogens with zero attached hydrogens (tertiary/aromatic N) is 4. The van der Waals surface area contributed by atoms with Crippen LogP contribution in [0.15, 0.2) is 182 Å². The summed E-state index contributed by atoms with van der Waals surface area (Å²) in [5.41, 5.74) is 16.5. The lowest BCUT2D eigenvalue weighted by Crippen LogP contribution is -2.15. The van der Waals surface area contributed by atoms with Crippen LogP contribution in [0.2, 0.25) is 0 Å². The van der Waals surface area contributed by atoms with E-state index < -0.39 is 0 Å². The van der Waals surface area contributed by atoms with Gasteiger partial charge in [-0.2, -0.15) is 0 Å². The molecule has 0 amide bonds. The molecule has 1 aliphatic rings. The van der Waals surface area contributed by atoms with E-state index in [1.807, 2.05) is 0 Å². The monoisotopic (exact) mass is 716 g/mol. The minimum absolute atomic E-state index is 0.242. The van der Waals surface area contributed by atoms with Crippen LogP contribution in [0.3, 0.4) is 0 Å². The molecule has 4 nitrogen and oxygen atoms in total. The lowest BCUT2D eigenvalue weighted by atomic mass is 9.80. The van der Waals surface area contributed by atoms with Crippen molar-refractivity contribution in [1.29, 1.82) is 0 Å². The Morgan fingerprint density at radius 1 is 0.446 bits per heavy atom. The van der Waals surface area contributed by atoms with E-state index in [1.165, 1.54) is 65.9 Å². The van der Waals surface area contributed by atoms with Crippen LogP contribution in [0.5, 0.6) is 0 Å². The Morgan fingerprint density at radius 2 is 1.00 bits per heavy atom. The maximum Gasteiger partial charge on any atom is 0.145 e. The van der Waals surface area contributed by atoms with E-state index in [2.05, 4.69) is 210 Å². The second kappa shape index (κ2) is 11.4. The zero-order chi connectivity index (χ0) is 37.1. The molecule has 0 aliphatic heterocycles. The second-order valence-electron chi connectivity index (χ2n) is 15.6. The molecule has 0 bridgehead atoms. The molecule has 0 saturated heterocycles. The summed E-state index contributed by atoms with van der Waals surface area (Å²) in [6.07, 6.45) is 0. The molecule has 12 rings (SSSR count). The van der Waals surface area contributed by atoms with E-state index in [0.29, 0.717) is 0 Å². The Kier molecular flexibility index (Phi) is 6.37. The van der Waals surface area contributed by atoms with Crippen molar-refractivity contribution < 1.29 is 0 Å². The van der Waals surface area contributed by atoms with Crippen molar-refractivity contribution >= 4 is 54.6 Å². The molecule has 1 aliphatic carbocycles. The third kappa shape index (κ3) is 4.10. The van der Waals surface area contributed by atoms with E-state index in [4.69, 9.17) is 4.98 Å². The fourth-order valence-electron chi connectivity index (χ4n) is 9.90. The first-order valence-corrected chi connectivity index (χ1v) is 19.4. The normalized spacial score (nSPS) is 13.3. The van der Waals surface area contributed by atoms with Gasteiger partial charge in [0.1, 0.15) is 5.82 Å². The van der Waals surface area contributed by atoms with Gasteiger partial charge in [-0.1, -0.05) is 141 Å². The van der Waals surface area contributed by atoms with Crippen molar-refractivity contribution in [3.8, 4) is 39.6 Å². The van der Waals surface area contributed by atoms with Gasteiger partial charge in [-0.05, 0) is 71.3 Å². The van der Waals surface area contributed by atoms with Crippen LogP contribution < -0.4 is 0 Å². The molecule has 3 aromatic heterocycles. The summed E-state index contributed by atoms with van der Waals surface area (Å²) >= 11 is 0. The van der Waals surface area contributed by atoms with Gasteiger partial charge < -0.3 is 9.13 Å². The maximum atomic E-state index is 5.40. The molecule has 0 fully saturated rings. The first-order chi connectivity index (χ1) is 27.6. The van der Waals surface area contributed by atoms with Crippen molar-refractivity contribution in [2.45, 2.75) is 19.3 Å². The lowest BCUT2D eigenvalue weighted by Gasteiger charge is -2.23. The number of imidazole rings is 1. The highest BCUT2D eigenvalue weighted by molar-refractivity contribution is 6.31. The van der Waals surface area contributed by atoms with Gasteiger partial charge in [-0.15, -0.1) is 0 Å². The molecule has 4 heteroatoms. The summed E-state index contributed by atoms with van der Waals surface area (Å²) in [6.45, 7) is 4.83. The molecule has 264 valence electrons. The van der Waals surface area contributed by atoms with Crippen LogP contribution in [0, 0.1) is 0 Å². The van der Waals surface area contributed by atoms with Crippen molar-refractivity contribution in [3.05, 3.63) is 193 Å². The Bertz CT molecular complexity index is 3360. The van der Waals surface area contributed by atoms with E-state index in [0.717, 1.165) is 39.5 Å². The van der Waals surface area contributed by atoms with Crippen LogP contribution in [0.4, 0.5) is 0 Å². The summed E-state index contributed by atoms with van der Waals surface area (Å²) in [6, 6.07) is 65.9. The average molecular weight is 717 g/mol. The zero-order valence-corrected chi connectivity index (χ0v) is 31.1. The van der Waals surface area contributed by atoms with Crippen molar-refractivity contribution in [2.75, 3.05) is 0 Å². The molecule has 3 heterocycles. The predicted molar refractivity (Wildman–Crippen MR) is 233 cm³/mol. The Labute approximate surface area is 324 Å². The standard InChI is InChI=1S/C52H36N4/c1-52(2)40-27-15-12-24-37(40)45-48(52)46-38-25-13-16-28-42(38)54(34-20-8-4-9-21-34)50(46)47-39-26-14-17-29-43(39)55(49(45)47)36-30-31-44-41(32-36)53-51(33-18-6-3-7-19-33)56(44)35-22-10-5-11-23-35/h3-32H,1-2H3. The van der Waals surface area contributed by atoms with Gasteiger partial charge in [-0.3, -0.25) is 4.57 Å². The van der Waals surface area contributed by atoms with Gasteiger partial charge in [0.15, 0.2) is 0 Å². The smallest absolute Gasteiger partial charge is 0.145 e. The predicted octanol–water partition coefficient (Wildman–Crippen LogP) is 13.2. The van der Waals surface area contributed by atoms with E-state index in [-0.39, 0.29) is 5.41 Å². The number of para-hydroxylation sites is 4. The molecular weight excluding hydrogens is 681 g/mol. The van der Waals surface area contributed by atoms with Gasteiger partial charge in [-0.25, -0.2) is 4.98 Å². The van der Waals surface area contributed by atoms with E-state index in [1.54, 1.807) is 0 Å². The highest BCUT2D eigenvalue weighted by Crippen LogP contribution is 2.58. The SMILES string of the molecule is CC1(C)c2ccccc2-c2c1c1c3ccccc3n(-c3ccccc3)c1c1c3ccccc3n(-c3ccc4c(c3)nc(-c3ccccc3)n4-c3ccccc3)c21. The zero-order valence-electron chi connectivity index (χ0n) is 31.1. The van der Waals surface area contributed by atoms with Crippen LogP contribution in [0.25, 0.3) is 94.2 Å². The topological polar surface area (TPSA) is 27.7 Å². The average Bonchev–Trinajstić information content (AvgIpc) is 3.97. The molecule has 0 saturated carbocycles. The first-order valence-electron chi connectivity index (χ1n) is 19.4. The molecule has 0 unspecified atom stereocenters. The number of hydrogen-bond donors (Lipinski definition) is 0. The summed E-state index contributed by atoms with van der Waals surface area (Å²) in [4.78, 5) is 5.40. The third-order valence-electron chi connectivity index (χ3n) is 12.2. The summed E-state index contributed by atoms with van der Waals surface area (Å²) in [5.74, 6) is 0.928. The number of hydrogen-bond acceptors (Lipinski definition) is 1. The second-order valence-corrected chi connectivity index (χ2v) is 15.6. The quantitative estimate of drug-likeness (QED) is 0.178. The summed E-state index contributed by atoms with van der Waals surface area (Å²) in [7, 11) is 0. The fourth-order valence-corrected chi connectivity index (χ4v) is 9.90. The molecule has 0 atom stereocenters. The number of rotatable bonds is 4. The van der Waals surface area contributed by atoms with Crippen LogP contribution >= 0.6 is 0 Å². The Morgan fingerprint density at radius 3 is 1.70 bits per heavy atom. The third-order valence-corrected chi connectivity index (χ3v) is 12.2. The van der Waals surface area contributed by atoms with E-state index in [9.17, 15) is 0 Å².